The van der Waals surface area contributed by atoms with Crippen LogP contribution in [0.5, 0.6) is 11.5 Å². The summed E-state index contributed by atoms with van der Waals surface area (Å²) in [7, 11) is 3.03. The quantitative estimate of drug-likeness (QED) is 0.931. The molecule has 0 saturated heterocycles. The molecule has 0 aliphatic rings. The highest BCUT2D eigenvalue weighted by Gasteiger charge is 2.13. The molecule has 0 fully saturated rings. The van der Waals surface area contributed by atoms with E-state index in [2.05, 4.69) is 0 Å². The van der Waals surface area contributed by atoms with E-state index < -0.39 is 11.8 Å². The van der Waals surface area contributed by atoms with E-state index >= 15 is 0 Å². The second kappa shape index (κ2) is 5.61. The number of carboxylic acid groups (broad SMARTS) is 1. The second-order valence-corrected chi connectivity index (χ2v) is 4.07. The normalized spacial score (nSPS) is 10.2. The summed E-state index contributed by atoms with van der Waals surface area (Å²) in [6, 6.07) is 9.06. The Kier molecular flexibility index (Phi) is 3.89. The number of ether oxygens (including phenoxy) is 2. The second-order valence-electron chi connectivity index (χ2n) is 4.07. The third-order valence-electron chi connectivity index (χ3n) is 2.92. The monoisotopic (exact) mass is 276 g/mol. The highest BCUT2D eigenvalue weighted by molar-refractivity contribution is 5.89. The average molecular weight is 276 g/mol. The minimum absolute atomic E-state index is 0.365. The van der Waals surface area contributed by atoms with Gasteiger partial charge in [-0.1, -0.05) is 6.07 Å². The van der Waals surface area contributed by atoms with E-state index in [1.165, 1.54) is 32.4 Å². The highest BCUT2D eigenvalue weighted by Crippen LogP contribution is 2.34. The first-order valence-electron chi connectivity index (χ1n) is 5.82. The van der Waals surface area contributed by atoms with Gasteiger partial charge in [0.25, 0.3) is 0 Å². The molecule has 0 atom stereocenters. The van der Waals surface area contributed by atoms with Gasteiger partial charge in [-0.05, 0) is 35.9 Å². The molecule has 5 heteroatoms. The van der Waals surface area contributed by atoms with Gasteiger partial charge in [0.05, 0.1) is 19.8 Å². The fourth-order valence-corrected chi connectivity index (χ4v) is 1.90. The maximum absolute atomic E-state index is 13.8. The number of aromatic carboxylic acids is 1. The van der Waals surface area contributed by atoms with E-state index in [1.54, 1.807) is 18.2 Å². The van der Waals surface area contributed by atoms with E-state index in [-0.39, 0.29) is 5.56 Å². The summed E-state index contributed by atoms with van der Waals surface area (Å²) in [6.07, 6.45) is 0. The molecule has 1 N–H and O–H groups in total. The molecule has 2 aromatic carbocycles. The zero-order chi connectivity index (χ0) is 14.7. The predicted molar refractivity (Wildman–Crippen MR) is 71.9 cm³/mol. The van der Waals surface area contributed by atoms with Gasteiger partial charge < -0.3 is 14.6 Å². The lowest BCUT2D eigenvalue weighted by Crippen LogP contribution is -2.00. The van der Waals surface area contributed by atoms with Gasteiger partial charge in [-0.15, -0.1) is 0 Å². The fraction of sp³-hybridized carbons (Fsp3) is 0.133. The Balaban J connectivity index is 2.55. The number of hydrogen-bond donors (Lipinski definition) is 1. The molecule has 0 saturated carbocycles. The summed E-state index contributed by atoms with van der Waals surface area (Å²) in [5.74, 6) is -0.941. The Hall–Kier alpha value is -2.56. The molecule has 104 valence electrons. The van der Waals surface area contributed by atoms with Crippen LogP contribution in [0.25, 0.3) is 11.1 Å². The molecule has 0 unspecified atom stereocenters. The molecule has 0 aliphatic carbocycles. The topological polar surface area (TPSA) is 55.8 Å². The van der Waals surface area contributed by atoms with Crippen LogP contribution < -0.4 is 9.47 Å². The Morgan fingerprint density at radius 1 is 1.10 bits per heavy atom. The number of carbonyl (C=O) groups is 1. The number of hydrogen-bond acceptors (Lipinski definition) is 3. The van der Waals surface area contributed by atoms with Crippen molar-refractivity contribution >= 4 is 5.97 Å². The van der Waals surface area contributed by atoms with Crippen molar-refractivity contribution in [3.05, 3.63) is 47.8 Å². The third kappa shape index (κ3) is 2.56. The van der Waals surface area contributed by atoms with Gasteiger partial charge in [0.2, 0.25) is 0 Å². The Labute approximate surface area is 115 Å². The summed E-state index contributed by atoms with van der Waals surface area (Å²) in [6.45, 7) is 0. The van der Waals surface area contributed by atoms with Crippen molar-refractivity contribution in [2.75, 3.05) is 14.2 Å². The van der Waals surface area contributed by atoms with Crippen molar-refractivity contribution in [2.45, 2.75) is 0 Å². The van der Waals surface area contributed by atoms with Crippen LogP contribution in [0, 0.1) is 5.82 Å². The van der Waals surface area contributed by atoms with E-state index in [9.17, 15) is 9.18 Å². The highest BCUT2D eigenvalue weighted by atomic mass is 19.1. The number of methoxy groups -OCH3 is 2. The molecule has 0 bridgehead atoms. The Morgan fingerprint density at radius 2 is 1.85 bits per heavy atom. The van der Waals surface area contributed by atoms with E-state index in [1.807, 2.05) is 0 Å². The van der Waals surface area contributed by atoms with Crippen molar-refractivity contribution in [3.63, 3.8) is 0 Å². The zero-order valence-corrected chi connectivity index (χ0v) is 11.0. The minimum Gasteiger partial charge on any atom is -0.497 e. The van der Waals surface area contributed by atoms with Gasteiger partial charge in [-0.3, -0.25) is 0 Å². The summed E-state index contributed by atoms with van der Waals surface area (Å²) in [5, 5.41) is 8.83. The molecule has 4 nitrogen and oxygen atoms in total. The largest absolute Gasteiger partial charge is 0.497 e. The molecular formula is C15H13FO4. The Morgan fingerprint density at radius 3 is 2.40 bits per heavy atom. The maximum Gasteiger partial charge on any atom is 0.338 e. The number of rotatable bonds is 4. The van der Waals surface area contributed by atoms with Gasteiger partial charge >= 0.3 is 5.97 Å². The van der Waals surface area contributed by atoms with Crippen molar-refractivity contribution in [3.8, 4) is 22.6 Å². The molecule has 0 heterocycles. The SMILES string of the molecule is COc1ccc(OC)c(-c2ccc(C(=O)O)c(F)c2)c1. The van der Waals surface area contributed by atoms with Crippen molar-refractivity contribution in [2.24, 2.45) is 0 Å². The van der Waals surface area contributed by atoms with Crippen LogP contribution in [0.4, 0.5) is 4.39 Å². The first kappa shape index (κ1) is 13.9. The van der Waals surface area contributed by atoms with Crippen molar-refractivity contribution in [1.29, 1.82) is 0 Å². The number of halogens is 1. The molecular weight excluding hydrogens is 263 g/mol. The first-order chi connectivity index (χ1) is 9.56. The third-order valence-corrected chi connectivity index (χ3v) is 2.92. The first-order valence-corrected chi connectivity index (χ1v) is 5.82. The number of benzene rings is 2. The van der Waals surface area contributed by atoms with Crippen LogP contribution in [-0.4, -0.2) is 25.3 Å². The average Bonchev–Trinajstić information content (AvgIpc) is 2.46. The molecule has 0 spiro atoms. The summed E-state index contributed by atoms with van der Waals surface area (Å²) >= 11 is 0. The van der Waals surface area contributed by atoms with E-state index in [0.717, 1.165) is 0 Å². The van der Waals surface area contributed by atoms with Crippen LogP contribution in [0.15, 0.2) is 36.4 Å². The minimum atomic E-state index is -1.30. The van der Waals surface area contributed by atoms with Crippen LogP contribution in [0.1, 0.15) is 10.4 Å². The summed E-state index contributed by atoms with van der Waals surface area (Å²) in [4.78, 5) is 10.8. The number of carboxylic acids is 1. The van der Waals surface area contributed by atoms with Crippen molar-refractivity contribution in [1.82, 2.24) is 0 Å². The van der Waals surface area contributed by atoms with E-state index in [4.69, 9.17) is 14.6 Å². The predicted octanol–water partition coefficient (Wildman–Crippen LogP) is 3.21. The van der Waals surface area contributed by atoms with Gasteiger partial charge in [-0.25, -0.2) is 9.18 Å². The van der Waals surface area contributed by atoms with Crippen molar-refractivity contribution < 1.29 is 23.8 Å². The van der Waals surface area contributed by atoms with Gasteiger partial charge in [0.15, 0.2) is 0 Å². The molecule has 0 radical (unpaired) electrons. The standard InChI is InChI=1S/C15H13FO4/c1-19-10-4-6-14(20-2)12(8-10)9-3-5-11(15(17)18)13(16)7-9/h3-8H,1-2H3,(H,17,18). The maximum atomic E-state index is 13.8. The molecule has 20 heavy (non-hydrogen) atoms. The lowest BCUT2D eigenvalue weighted by Gasteiger charge is -2.11. The molecule has 0 aromatic heterocycles. The fourth-order valence-electron chi connectivity index (χ4n) is 1.90. The van der Waals surface area contributed by atoms with Gasteiger partial charge in [0, 0.05) is 5.56 Å². The van der Waals surface area contributed by atoms with Crippen LogP contribution >= 0.6 is 0 Å². The molecule has 2 rings (SSSR count). The zero-order valence-electron chi connectivity index (χ0n) is 11.0. The molecule has 0 amide bonds. The van der Waals surface area contributed by atoms with Crippen LogP contribution in [0.3, 0.4) is 0 Å². The van der Waals surface area contributed by atoms with Crippen LogP contribution in [-0.2, 0) is 0 Å². The van der Waals surface area contributed by atoms with Crippen LogP contribution in [0.2, 0.25) is 0 Å². The smallest absolute Gasteiger partial charge is 0.338 e. The molecule has 0 aliphatic heterocycles. The van der Waals surface area contributed by atoms with Gasteiger partial charge in [0.1, 0.15) is 17.3 Å². The summed E-state index contributed by atoms with van der Waals surface area (Å²) in [5.41, 5.74) is 0.779. The van der Waals surface area contributed by atoms with E-state index in [0.29, 0.717) is 22.6 Å². The lowest BCUT2D eigenvalue weighted by molar-refractivity contribution is 0.0692. The lowest BCUT2D eigenvalue weighted by atomic mass is 10.0. The summed E-state index contributed by atoms with van der Waals surface area (Å²) < 4.78 is 24.1. The molecule has 2 aromatic rings. The Bertz CT molecular complexity index is 652. The van der Waals surface area contributed by atoms with Gasteiger partial charge in [-0.2, -0.15) is 0 Å².